The van der Waals surface area contributed by atoms with Crippen LogP contribution in [0.15, 0.2) is 29.2 Å². The fourth-order valence-corrected chi connectivity index (χ4v) is 2.38. The van der Waals surface area contributed by atoms with Crippen molar-refractivity contribution in [2.75, 3.05) is 5.75 Å². The fraction of sp³-hybridized carbons (Fsp3) is 0.462. The number of rotatable bonds is 5. The Morgan fingerprint density at radius 2 is 1.94 bits per heavy atom. The number of thioether (sulfide) groups is 1. The second kappa shape index (κ2) is 5.93. The van der Waals surface area contributed by atoms with E-state index in [1.54, 1.807) is 11.8 Å². The first-order valence-corrected chi connectivity index (χ1v) is 6.39. The van der Waals surface area contributed by atoms with Crippen LogP contribution in [0.2, 0.25) is 0 Å². The second-order valence-electron chi connectivity index (χ2n) is 4.44. The van der Waals surface area contributed by atoms with Crippen LogP contribution in [0.4, 0.5) is 0 Å². The van der Waals surface area contributed by atoms with Gasteiger partial charge in [-0.25, -0.2) is 0 Å². The smallest absolute Gasteiger partial charge is 0.0684 e. The topological polar surface area (TPSA) is 49.8 Å². The fourth-order valence-electron chi connectivity index (χ4n) is 1.20. The Labute approximate surface area is 102 Å². The van der Waals surface area contributed by atoms with Gasteiger partial charge in [0.05, 0.1) is 11.5 Å². The zero-order chi connectivity index (χ0) is 12.0. The van der Waals surface area contributed by atoms with Crippen molar-refractivity contribution in [1.82, 2.24) is 0 Å². The van der Waals surface area contributed by atoms with Gasteiger partial charge in [0.15, 0.2) is 0 Å². The van der Waals surface area contributed by atoms with Crippen LogP contribution in [0.3, 0.4) is 0 Å². The number of nitrogens with zero attached hydrogens (tertiary/aromatic N) is 1. The van der Waals surface area contributed by atoms with E-state index in [1.807, 2.05) is 13.8 Å². The lowest BCUT2D eigenvalue weighted by Gasteiger charge is -2.13. The molecule has 0 saturated heterocycles. The Morgan fingerprint density at radius 1 is 1.31 bits per heavy atom. The van der Waals surface area contributed by atoms with Crippen molar-refractivity contribution in [3.8, 4) is 6.07 Å². The van der Waals surface area contributed by atoms with Gasteiger partial charge in [0.1, 0.15) is 0 Å². The zero-order valence-electron chi connectivity index (χ0n) is 9.86. The van der Waals surface area contributed by atoms with Gasteiger partial charge in [-0.05, 0) is 43.7 Å². The van der Waals surface area contributed by atoms with Gasteiger partial charge < -0.3 is 5.73 Å². The summed E-state index contributed by atoms with van der Waals surface area (Å²) in [5.41, 5.74) is 6.47. The molecule has 2 N–H and O–H groups in total. The first kappa shape index (κ1) is 13.1. The van der Waals surface area contributed by atoms with Crippen LogP contribution in [0, 0.1) is 16.7 Å². The predicted octanol–water partition coefficient (Wildman–Crippen LogP) is 3.18. The Hall–Kier alpha value is -0.980. The molecule has 0 aliphatic heterocycles. The minimum absolute atomic E-state index is 0.218. The van der Waals surface area contributed by atoms with Crippen molar-refractivity contribution in [2.24, 2.45) is 11.1 Å². The van der Waals surface area contributed by atoms with Crippen molar-refractivity contribution < 1.29 is 0 Å². The average molecular weight is 234 g/mol. The maximum atomic E-state index is 8.89. The number of hydrogen-bond acceptors (Lipinski definition) is 3. The van der Waals surface area contributed by atoms with E-state index in [-0.39, 0.29) is 5.41 Å². The van der Waals surface area contributed by atoms with Crippen molar-refractivity contribution in [3.63, 3.8) is 0 Å². The second-order valence-corrected chi connectivity index (χ2v) is 5.61. The maximum absolute atomic E-state index is 8.89. The van der Waals surface area contributed by atoms with Gasteiger partial charge in [-0.1, -0.05) is 12.1 Å². The highest BCUT2D eigenvalue weighted by Crippen LogP contribution is 2.25. The molecule has 0 bridgehead atoms. The minimum Gasteiger partial charge on any atom is -0.326 e. The molecule has 0 spiro atoms. The molecular weight excluding hydrogens is 216 g/mol. The van der Waals surface area contributed by atoms with Crippen LogP contribution in [0.5, 0.6) is 0 Å². The average Bonchev–Trinajstić information content (AvgIpc) is 2.30. The van der Waals surface area contributed by atoms with Gasteiger partial charge in [-0.15, -0.1) is 11.8 Å². The van der Waals surface area contributed by atoms with E-state index in [9.17, 15) is 0 Å². The van der Waals surface area contributed by atoms with Gasteiger partial charge in [-0.3, -0.25) is 0 Å². The van der Waals surface area contributed by atoms with Gasteiger partial charge in [0.2, 0.25) is 0 Å². The third-order valence-electron chi connectivity index (χ3n) is 2.46. The van der Waals surface area contributed by atoms with E-state index < -0.39 is 0 Å². The van der Waals surface area contributed by atoms with Crippen LogP contribution in [-0.4, -0.2) is 5.75 Å². The summed E-state index contributed by atoms with van der Waals surface area (Å²) in [5, 5.41) is 8.89. The van der Waals surface area contributed by atoms with Crippen LogP contribution in [0.1, 0.15) is 25.8 Å². The molecule has 0 aromatic heterocycles. The van der Waals surface area contributed by atoms with Crippen LogP contribution in [0.25, 0.3) is 0 Å². The molecule has 1 aromatic rings. The van der Waals surface area contributed by atoms with Crippen molar-refractivity contribution in [1.29, 1.82) is 5.26 Å². The molecule has 1 aromatic carbocycles. The van der Waals surface area contributed by atoms with Crippen LogP contribution >= 0.6 is 11.8 Å². The first-order chi connectivity index (χ1) is 7.57. The van der Waals surface area contributed by atoms with Gasteiger partial charge in [0.25, 0.3) is 0 Å². The van der Waals surface area contributed by atoms with Gasteiger partial charge >= 0.3 is 0 Å². The first-order valence-electron chi connectivity index (χ1n) is 5.40. The molecule has 0 fully saturated rings. The number of hydrogen-bond donors (Lipinski definition) is 1. The van der Waals surface area contributed by atoms with Gasteiger partial charge in [-0.2, -0.15) is 5.26 Å². The Bertz CT molecular complexity index is 363. The zero-order valence-corrected chi connectivity index (χ0v) is 10.7. The molecular formula is C13H18N2S. The molecule has 0 aliphatic rings. The van der Waals surface area contributed by atoms with Crippen LogP contribution < -0.4 is 5.73 Å². The molecule has 16 heavy (non-hydrogen) atoms. The van der Waals surface area contributed by atoms with E-state index in [1.165, 1.54) is 4.90 Å². The highest BCUT2D eigenvalue weighted by atomic mass is 32.2. The summed E-state index contributed by atoms with van der Waals surface area (Å²) in [5.74, 6) is 0.975. The standard InChI is InChI=1S/C13H18N2S/c1-13(2,10-15)7-8-16-12-5-3-11(9-14)4-6-12/h3-6H,7-9,14H2,1-2H3. The predicted molar refractivity (Wildman–Crippen MR) is 69.1 cm³/mol. The van der Waals surface area contributed by atoms with Crippen molar-refractivity contribution in [2.45, 2.75) is 31.7 Å². The normalized spacial score (nSPS) is 11.1. The van der Waals surface area contributed by atoms with Crippen molar-refractivity contribution >= 4 is 11.8 Å². The molecule has 0 unspecified atom stereocenters. The molecule has 86 valence electrons. The van der Waals surface area contributed by atoms with E-state index in [2.05, 4.69) is 30.3 Å². The van der Waals surface area contributed by atoms with E-state index in [0.29, 0.717) is 6.54 Å². The minimum atomic E-state index is -0.218. The number of nitrogens with two attached hydrogens (primary N) is 1. The third kappa shape index (κ3) is 4.26. The summed E-state index contributed by atoms with van der Waals surface area (Å²) in [4.78, 5) is 1.24. The van der Waals surface area contributed by atoms with E-state index >= 15 is 0 Å². The lowest BCUT2D eigenvalue weighted by molar-refractivity contribution is 0.482. The Kier molecular flexibility index (Phi) is 4.85. The molecule has 0 radical (unpaired) electrons. The summed E-state index contributed by atoms with van der Waals surface area (Å²) >= 11 is 1.79. The Balaban J connectivity index is 2.41. The summed E-state index contributed by atoms with van der Waals surface area (Å²) in [6, 6.07) is 10.6. The summed E-state index contributed by atoms with van der Waals surface area (Å²) in [6.07, 6.45) is 0.910. The highest BCUT2D eigenvalue weighted by molar-refractivity contribution is 7.99. The molecule has 0 atom stereocenters. The Morgan fingerprint density at radius 3 is 2.44 bits per heavy atom. The molecule has 2 nitrogen and oxygen atoms in total. The maximum Gasteiger partial charge on any atom is 0.0684 e. The molecule has 0 heterocycles. The SMILES string of the molecule is CC(C)(C#N)CCSc1ccc(CN)cc1. The number of benzene rings is 1. The largest absolute Gasteiger partial charge is 0.326 e. The molecule has 0 aliphatic carbocycles. The lowest BCUT2D eigenvalue weighted by atomic mass is 9.93. The highest BCUT2D eigenvalue weighted by Gasteiger charge is 2.15. The third-order valence-corrected chi connectivity index (χ3v) is 3.47. The summed E-state index contributed by atoms with van der Waals surface area (Å²) in [6.45, 7) is 4.54. The molecule has 0 amide bonds. The number of nitriles is 1. The molecule has 0 saturated carbocycles. The monoisotopic (exact) mass is 234 g/mol. The van der Waals surface area contributed by atoms with Gasteiger partial charge in [0, 0.05) is 11.4 Å². The van der Waals surface area contributed by atoms with Crippen molar-refractivity contribution in [3.05, 3.63) is 29.8 Å². The van der Waals surface area contributed by atoms with Crippen LogP contribution in [-0.2, 0) is 6.54 Å². The quantitative estimate of drug-likeness (QED) is 0.796. The summed E-state index contributed by atoms with van der Waals surface area (Å²) in [7, 11) is 0. The lowest BCUT2D eigenvalue weighted by Crippen LogP contribution is -2.08. The molecule has 1 rings (SSSR count). The van der Waals surface area contributed by atoms with E-state index in [4.69, 9.17) is 11.0 Å². The molecule has 3 heteroatoms. The van der Waals surface area contributed by atoms with E-state index in [0.717, 1.165) is 17.7 Å². The summed E-state index contributed by atoms with van der Waals surface area (Å²) < 4.78 is 0.